The largest absolute Gasteiger partial charge is 0.356 e. The highest BCUT2D eigenvalue weighted by atomic mass is 16.1. The molecule has 0 atom stereocenters. The van der Waals surface area contributed by atoms with Crippen LogP contribution in [-0.4, -0.2) is 28.5 Å². The summed E-state index contributed by atoms with van der Waals surface area (Å²) in [5, 5.41) is 2.96. The van der Waals surface area contributed by atoms with Gasteiger partial charge in [-0.05, 0) is 31.2 Å². The predicted octanol–water partition coefficient (Wildman–Crippen LogP) is 1.54. The van der Waals surface area contributed by atoms with Gasteiger partial charge in [0.05, 0.1) is 6.33 Å². The highest BCUT2D eigenvalue weighted by molar-refractivity contribution is 5.75. The van der Waals surface area contributed by atoms with Crippen molar-refractivity contribution >= 4 is 5.91 Å². The molecule has 3 N–H and O–H groups in total. The predicted molar refractivity (Wildman–Crippen MR) is 76.5 cm³/mol. The van der Waals surface area contributed by atoms with Crippen LogP contribution in [0.15, 0.2) is 18.7 Å². The summed E-state index contributed by atoms with van der Waals surface area (Å²) in [5.41, 5.74) is 5.71. The van der Waals surface area contributed by atoms with Crippen molar-refractivity contribution in [2.45, 2.75) is 46.1 Å². The minimum Gasteiger partial charge on any atom is -0.356 e. The molecule has 19 heavy (non-hydrogen) atoms. The Morgan fingerprint density at radius 2 is 2.21 bits per heavy atom. The average molecular weight is 266 g/mol. The maximum atomic E-state index is 11.7. The van der Waals surface area contributed by atoms with Gasteiger partial charge in [-0.15, -0.1) is 0 Å². The Kier molecular flexibility index (Phi) is 6.56. The van der Waals surface area contributed by atoms with Crippen LogP contribution in [0.1, 0.15) is 39.5 Å². The van der Waals surface area contributed by atoms with Crippen LogP contribution in [0.5, 0.6) is 0 Å². The Morgan fingerprint density at radius 1 is 1.42 bits per heavy atom. The van der Waals surface area contributed by atoms with Crippen LogP contribution in [0, 0.1) is 5.41 Å². The summed E-state index contributed by atoms with van der Waals surface area (Å²) in [7, 11) is 0. The molecule has 5 heteroatoms. The number of carbonyl (C=O) groups excluding carboxylic acids is 1. The van der Waals surface area contributed by atoms with Crippen LogP contribution >= 0.6 is 0 Å². The normalized spacial score (nSPS) is 11.5. The summed E-state index contributed by atoms with van der Waals surface area (Å²) in [6, 6.07) is 0. The van der Waals surface area contributed by atoms with Gasteiger partial charge in [0.15, 0.2) is 0 Å². The van der Waals surface area contributed by atoms with Crippen LogP contribution in [0.4, 0.5) is 0 Å². The number of nitrogens with two attached hydrogens (primary N) is 1. The number of hydrogen-bond donors (Lipinski definition) is 2. The molecule has 0 bridgehead atoms. The Hall–Kier alpha value is -1.36. The Balaban J connectivity index is 2.08. The second kappa shape index (κ2) is 7.94. The van der Waals surface area contributed by atoms with Gasteiger partial charge in [0.1, 0.15) is 0 Å². The van der Waals surface area contributed by atoms with Crippen molar-refractivity contribution in [2.24, 2.45) is 11.1 Å². The van der Waals surface area contributed by atoms with E-state index in [4.69, 9.17) is 5.73 Å². The van der Waals surface area contributed by atoms with Crippen molar-refractivity contribution in [1.29, 1.82) is 0 Å². The Labute approximate surface area is 115 Å². The van der Waals surface area contributed by atoms with Crippen LogP contribution in [-0.2, 0) is 11.3 Å². The molecular weight excluding hydrogens is 240 g/mol. The fourth-order valence-corrected chi connectivity index (χ4v) is 1.96. The van der Waals surface area contributed by atoms with Gasteiger partial charge in [0.25, 0.3) is 0 Å². The van der Waals surface area contributed by atoms with Crippen molar-refractivity contribution in [2.75, 3.05) is 13.1 Å². The number of hydrogen-bond acceptors (Lipinski definition) is 3. The molecule has 0 aliphatic carbocycles. The van der Waals surface area contributed by atoms with Gasteiger partial charge >= 0.3 is 0 Å². The molecule has 0 spiro atoms. The van der Waals surface area contributed by atoms with Crippen molar-refractivity contribution in [3.05, 3.63) is 18.7 Å². The van der Waals surface area contributed by atoms with E-state index in [0.717, 1.165) is 25.8 Å². The van der Waals surface area contributed by atoms with Crippen molar-refractivity contribution in [3.8, 4) is 0 Å². The van der Waals surface area contributed by atoms with E-state index in [0.29, 0.717) is 19.5 Å². The first-order valence-corrected chi connectivity index (χ1v) is 6.96. The number of imidazole rings is 1. The highest BCUT2D eigenvalue weighted by Crippen LogP contribution is 2.25. The zero-order valence-corrected chi connectivity index (χ0v) is 12.1. The lowest BCUT2D eigenvalue weighted by molar-refractivity contribution is -0.121. The molecule has 1 amide bonds. The summed E-state index contributed by atoms with van der Waals surface area (Å²) in [6.45, 7) is 6.60. The van der Waals surface area contributed by atoms with Gasteiger partial charge in [0, 0.05) is 31.9 Å². The highest BCUT2D eigenvalue weighted by Gasteiger charge is 2.17. The fourth-order valence-electron chi connectivity index (χ4n) is 1.96. The van der Waals surface area contributed by atoms with E-state index in [9.17, 15) is 4.79 Å². The lowest BCUT2D eigenvalue weighted by atomic mass is 9.84. The van der Waals surface area contributed by atoms with Gasteiger partial charge in [-0.2, -0.15) is 0 Å². The molecule has 0 aromatic carbocycles. The first-order chi connectivity index (χ1) is 9.03. The van der Waals surface area contributed by atoms with Crippen molar-refractivity contribution < 1.29 is 4.79 Å². The molecule has 108 valence electrons. The number of aromatic nitrogens is 2. The van der Waals surface area contributed by atoms with E-state index in [1.54, 1.807) is 12.5 Å². The smallest absolute Gasteiger partial charge is 0.220 e. The second-order valence-electron chi connectivity index (χ2n) is 5.71. The SMILES string of the molecule is CC(C)(CCN)CCC(=O)NCCCn1ccnc1. The van der Waals surface area contributed by atoms with Gasteiger partial charge in [-0.3, -0.25) is 4.79 Å². The third-order valence-electron chi connectivity index (χ3n) is 3.32. The minimum atomic E-state index is 0.135. The summed E-state index contributed by atoms with van der Waals surface area (Å²) >= 11 is 0. The van der Waals surface area contributed by atoms with Crippen LogP contribution < -0.4 is 11.1 Å². The number of amides is 1. The lowest BCUT2D eigenvalue weighted by Crippen LogP contribution is -2.27. The van der Waals surface area contributed by atoms with Crippen molar-refractivity contribution in [1.82, 2.24) is 14.9 Å². The van der Waals surface area contributed by atoms with E-state index >= 15 is 0 Å². The van der Waals surface area contributed by atoms with E-state index in [1.165, 1.54) is 0 Å². The summed E-state index contributed by atoms with van der Waals surface area (Å²) in [4.78, 5) is 15.7. The lowest BCUT2D eigenvalue weighted by Gasteiger charge is -2.23. The molecule has 0 aliphatic heterocycles. The third-order valence-corrected chi connectivity index (χ3v) is 3.32. The Morgan fingerprint density at radius 3 is 2.84 bits per heavy atom. The monoisotopic (exact) mass is 266 g/mol. The molecule has 0 fully saturated rings. The molecule has 5 nitrogen and oxygen atoms in total. The third kappa shape index (κ3) is 6.96. The van der Waals surface area contributed by atoms with E-state index < -0.39 is 0 Å². The zero-order valence-electron chi connectivity index (χ0n) is 12.1. The summed E-state index contributed by atoms with van der Waals surface area (Å²) in [5.74, 6) is 0.135. The molecule has 1 aromatic rings. The molecule has 0 aliphatic rings. The first-order valence-electron chi connectivity index (χ1n) is 6.96. The molecule has 0 saturated carbocycles. The molecule has 1 aromatic heterocycles. The number of nitrogens with one attached hydrogen (secondary N) is 1. The van der Waals surface area contributed by atoms with Crippen LogP contribution in [0.3, 0.4) is 0 Å². The van der Waals surface area contributed by atoms with E-state index in [-0.39, 0.29) is 11.3 Å². The van der Waals surface area contributed by atoms with Crippen LogP contribution in [0.2, 0.25) is 0 Å². The quantitative estimate of drug-likeness (QED) is 0.666. The van der Waals surface area contributed by atoms with E-state index in [2.05, 4.69) is 24.1 Å². The standard InChI is InChI=1S/C14H26N4O/c1-14(2,6-7-15)5-4-13(19)17-8-3-10-18-11-9-16-12-18/h9,11-12H,3-8,10,15H2,1-2H3,(H,17,19). The van der Waals surface area contributed by atoms with Gasteiger partial charge in [-0.1, -0.05) is 13.8 Å². The minimum absolute atomic E-state index is 0.135. The van der Waals surface area contributed by atoms with E-state index in [1.807, 2.05) is 10.8 Å². The number of rotatable bonds is 9. The summed E-state index contributed by atoms with van der Waals surface area (Å²) < 4.78 is 2.01. The molecule has 0 unspecified atom stereocenters. The van der Waals surface area contributed by atoms with Crippen LogP contribution in [0.25, 0.3) is 0 Å². The number of nitrogens with zero attached hydrogens (tertiary/aromatic N) is 2. The molecule has 1 heterocycles. The first kappa shape index (κ1) is 15.7. The maximum absolute atomic E-state index is 11.7. The van der Waals surface area contributed by atoms with Gasteiger partial charge in [-0.25, -0.2) is 4.98 Å². The number of aryl methyl sites for hydroxylation is 1. The molecule has 0 saturated heterocycles. The number of carbonyl (C=O) groups is 1. The zero-order chi connectivity index (χ0) is 14.1. The molecule has 0 radical (unpaired) electrons. The van der Waals surface area contributed by atoms with Gasteiger partial charge < -0.3 is 15.6 Å². The second-order valence-corrected chi connectivity index (χ2v) is 5.71. The molecular formula is C14H26N4O. The average Bonchev–Trinajstić information content (AvgIpc) is 2.85. The molecule has 1 rings (SSSR count). The van der Waals surface area contributed by atoms with Crippen molar-refractivity contribution in [3.63, 3.8) is 0 Å². The topological polar surface area (TPSA) is 72.9 Å². The Bertz CT molecular complexity index is 360. The summed E-state index contributed by atoms with van der Waals surface area (Å²) in [6.07, 6.45) is 8.83. The van der Waals surface area contributed by atoms with Gasteiger partial charge in [0.2, 0.25) is 5.91 Å². The fraction of sp³-hybridized carbons (Fsp3) is 0.714. The maximum Gasteiger partial charge on any atom is 0.220 e.